The maximum absolute atomic E-state index is 14.2. The Labute approximate surface area is 224 Å². The van der Waals surface area contributed by atoms with Gasteiger partial charge in [0.25, 0.3) is 0 Å². The number of carbonyl (C=O) groups is 2. The van der Waals surface area contributed by atoms with Crippen molar-refractivity contribution in [2.75, 3.05) is 11.1 Å². The maximum Gasteiger partial charge on any atom is 0.231 e. The third kappa shape index (κ3) is 5.00. The van der Waals surface area contributed by atoms with Gasteiger partial charge in [-0.25, -0.2) is 8.78 Å². The quantitative estimate of drug-likeness (QED) is 0.197. The summed E-state index contributed by atoms with van der Waals surface area (Å²) >= 11 is 25.0. The summed E-state index contributed by atoms with van der Waals surface area (Å²) in [5, 5.41) is 12.2. The van der Waals surface area contributed by atoms with Crippen LogP contribution in [0.4, 0.5) is 20.2 Å². The summed E-state index contributed by atoms with van der Waals surface area (Å²) in [7, 11) is 0. The van der Waals surface area contributed by atoms with Crippen LogP contribution in [0.3, 0.4) is 0 Å². The first kappa shape index (κ1) is 26.2. The zero-order chi connectivity index (χ0) is 26.4. The maximum atomic E-state index is 14.2. The number of nitrogen functional groups attached to an aromatic ring is 1. The number of halogens is 6. The zero-order valence-corrected chi connectivity index (χ0v) is 21.1. The van der Waals surface area contributed by atoms with Crippen molar-refractivity contribution in [1.29, 1.82) is 5.26 Å². The largest absolute Gasteiger partial charge is 0.394 e. The number of nitriles is 1. The highest BCUT2D eigenvalue weighted by Crippen LogP contribution is 2.65. The number of carbonyl (C=O) groups excluding carboxylic acids is 2. The van der Waals surface area contributed by atoms with Gasteiger partial charge in [0.1, 0.15) is 15.8 Å². The van der Waals surface area contributed by atoms with E-state index >= 15 is 0 Å². The first-order chi connectivity index (χ1) is 16.9. The number of ketones is 1. The van der Waals surface area contributed by atoms with Gasteiger partial charge in [-0.15, -0.1) is 23.2 Å². The molecule has 0 radical (unpaired) electrons. The fourth-order valence-electron chi connectivity index (χ4n) is 3.98. The molecule has 0 saturated heterocycles. The predicted molar refractivity (Wildman–Crippen MR) is 136 cm³/mol. The number of nitrogens with one attached hydrogen (secondary N) is 1. The molecule has 1 fully saturated rings. The van der Waals surface area contributed by atoms with Gasteiger partial charge in [-0.05, 0) is 53.6 Å². The average Bonchev–Trinajstić information content (AvgIpc) is 3.42. The van der Waals surface area contributed by atoms with E-state index in [4.69, 9.17) is 52.1 Å². The fraction of sp³-hybridized carbons (Fsp3) is 0.160. The molecule has 184 valence electrons. The number of hydrogen-bond donors (Lipinski definition) is 2. The lowest BCUT2D eigenvalue weighted by molar-refractivity contribution is -0.117. The summed E-state index contributed by atoms with van der Waals surface area (Å²) in [5.41, 5.74) is 5.66. The van der Waals surface area contributed by atoms with Gasteiger partial charge in [0.05, 0.1) is 22.6 Å². The van der Waals surface area contributed by atoms with Crippen LogP contribution in [0.2, 0.25) is 10.0 Å². The summed E-state index contributed by atoms with van der Waals surface area (Å²) in [5.74, 6) is -4.53. The van der Waals surface area contributed by atoms with Crippen molar-refractivity contribution >= 4 is 69.5 Å². The highest BCUT2D eigenvalue weighted by molar-refractivity contribution is 6.53. The van der Waals surface area contributed by atoms with E-state index in [1.807, 2.05) is 6.07 Å². The minimum absolute atomic E-state index is 0.0145. The van der Waals surface area contributed by atoms with E-state index in [1.165, 1.54) is 24.3 Å². The van der Waals surface area contributed by atoms with E-state index in [1.54, 1.807) is 12.1 Å². The fourth-order valence-corrected chi connectivity index (χ4v) is 5.27. The number of alkyl halides is 2. The predicted octanol–water partition coefficient (Wildman–Crippen LogP) is 6.68. The van der Waals surface area contributed by atoms with Crippen molar-refractivity contribution in [3.63, 3.8) is 0 Å². The Kier molecular flexibility index (Phi) is 7.18. The topological polar surface area (TPSA) is 96.0 Å². The van der Waals surface area contributed by atoms with Gasteiger partial charge in [-0.2, -0.15) is 5.26 Å². The minimum atomic E-state index is -1.44. The normalized spacial score (nSPS) is 17.8. The molecule has 0 aromatic heterocycles. The van der Waals surface area contributed by atoms with Gasteiger partial charge in [-0.1, -0.05) is 29.3 Å². The molecule has 1 saturated carbocycles. The highest BCUT2D eigenvalue weighted by atomic mass is 35.5. The Morgan fingerprint density at radius 3 is 2.50 bits per heavy atom. The van der Waals surface area contributed by atoms with Crippen LogP contribution >= 0.6 is 46.4 Å². The number of nitrogens with two attached hydrogens (primary N) is 1. The van der Waals surface area contributed by atoms with E-state index < -0.39 is 51.6 Å². The lowest BCUT2D eigenvalue weighted by atomic mass is 10.0. The zero-order valence-electron chi connectivity index (χ0n) is 18.1. The van der Waals surface area contributed by atoms with Crippen LogP contribution in [-0.2, 0) is 11.2 Å². The Morgan fingerprint density at radius 2 is 1.81 bits per heavy atom. The van der Waals surface area contributed by atoms with E-state index in [0.717, 1.165) is 12.1 Å². The molecule has 0 spiro atoms. The molecule has 1 aliphatic rings. The molecule has 11 heteroatoms. The van der Waals surface area contributed by atoms with Gasteiger partial charge in [0.15, 0.2) is 11.6 Å². The van der Waals surface area contributed by atoms with Crippen LogP contribution in [0.1, 0.15) is 33.0 Å². The lowest BCUT2D eigenvalue weighted by Gasteiger charge is -2.10. The van der Waals surface area contributed by atoms with Crippen LogP contribution in [0.25, 0.3) is 0 Å². The molecule has 0 heterocycles. The van der Waals surface area contributed by atoms with Crippen LogP contribution in [0, 0.1) is 28.9 Å². The van der Waals surface area contributed by atoms with E-state index in [-0.39, 0.29) is 21.8 Å². The van der Waals surface area contributed by atoms with Crippen molar-refractivity contribution < 1.29 is 18.4 Å². The summed E-state index contributed by atoms with van der Waals surface area (Å²) in [6.45, 7) is 0. The second kappa shape index (κ2) is 9.87. The Bertz CT molecular complexity index is 1460. The molecule has 3 aromatic rings. The molecule has 3 aromatic carbocycles. The van der Waals surface area contributed by atoms with Gasteiger partial charge in [0.2, 0.25) is 5.91 Å². The van der Waals surface area contributed by atoms with Gasteiger partial charge < -0.3 is 11.1 Å². The number of hydrogen-bond acceptors (Lipinski definition) is 4. The SMILES string of the molecule is N#Cc1cc(Cl)cc(C2C(C(=O)Nc3ccc(Cl)c(C(=O)Cc4ccc(F)c(N)c4F)c3)C2(Cl)Cl)c1. The summed E-state index contributed by atoms with van der Waals surface area (Å²) in [6.07, 6.45) is -0.430. The van der Waals surface area contributed by atoms with Crippen LogP contribution in [-0.4, -0.2) is 16.0 Å². The monoisotopic (exact) mass is 567 g/mol. The molecule has 1 aliphatic carbocycles. The molecule has 2 atom stereocenters. The molecule has 0 bridgehead atoms. The first-order valence-electron chi connectivity index (χ1n) is 10.4. The minimum Gasteiger partial charge on any atom is -0.394 e. The van der Waals surface area contributed by atoms with Crippen molar-refractivity contribution in [1.82, 2.24) is 0 Å². The van der Waals surface area contributed by atoms with E-state index in [9.17, 15) is 23.6 Å². The third-order valence-corrected chi connectivity index (χ3v) is 7.32. The molecule has 36 heavy (non-hydrogen) atoms. The summed E-state index contributed by atoms with van der Waals surface area (Å²) < 4.78 is 26.2. The first-order valence-corrected chi connectivity index (χ1v) is 11.9. The van der Waals surface area contributed by atoms with E-state index in [2.05, 4.69) is 5.32 Å². The van der Waals surface area contributed by atoms with Crippen molar-refractivity contribution in [2.45, 2.75) is 16.7 Å². The van der Waals surface area contributed by atoms with Crippen LogP contribution in [0.5, 0.6) is 0 Å². The number of anilines is 2. The standard InChI is InChI=1S/C25H15Cl4F2N3O2/c26-14-6-11(10-32)5-13(7-14)20-21(25(20,28)29)24(36)34-15-2-3-17(27)16(9-15)19(35)8-12-1-4-18(30)23(33)22(12)31/h1-7,9,20-21H,8,33H2,(H,34,36). The molecule has 1 amide bonds. The smallest absolute Gasteiger partial charge is 0.231 e. The number of rotatable bonds is 6. The number of nitrogens with zero attached hydrogens (tertiary/aromatic N) is 1. The Balaban J connectivity index is 1.53. The molecular formula is C25H15Cl4F2N3O2. The highest BCUT2D eigenvalue weighted by Gasteiger charge is 2.67. The number of amides is 1. The van der Waals surface area contributed by atoms with Gasteiger partial charge >= 0.3 is 0 Å². The molecule has 0 aliphatic heterocycles. The van der Waals surface area contributed by atoms with Crippen molar-refractivity contribution in [2.24, 2.45) is 5.92 Å². The molecular weight excluding hydrogens is 554 g/mol. The van der Waals surface area contributed by atoms with Crippen LogP contribution < -0.4 is 11.1 Å². The van der Waals surface area contributed by atoms with Gasteiger partial charge in [-0.3, -0.25) is 9.59 Å². The van der Waals surface area contributed by atoms with Crippen LogP contribution in [0.15, 0.2) is 48.5 Å². The summed E-state index contributed by atoms with van der Waals surface area (Å²) in [6, 6.07) is 12.9. The second-order valence-electron chi connectivity index (χ2n) is 8.23. The summed E-state index contributed by atoms with van der Waals surface area (Å²) in [4.78, 5) is 25.8. The molecule has 5 nitrogen and oxygen atoms in total. The molecule has 4 rings (SSSR count). The number of Topliss-reactive ketones (excluding diaryl/α,β-unsaturated/α-hetero) is 1. The molecule has 2 unspecified atom stereocenters. The third-order valence-electron chi connectivity index (χ3n) is 5.84. The second-order valence-corrected chi connectivity index (χ2v) is 10.5. The van der Waals surface area contributed by atoms with E-state index in [0.29, 0.717) is 16.1 Å². The van der Waals surface area contributed by atoms with Crippen molar-refractivity contribution in [3.8, 4) is 6.07 Å². The van der Waals surface area contributed by atoms with Crippen molar-refractivity contribution in [3.05, 3.63) is 92.5 Å². The molecule has 3 N–H and O–H groups in total. The Hall–Kier alpha value is -2.89. The average molecular weight is 569 g/mol. The Morgan fingerprint density at radius 1 is 1.08 bits per heavy atom. The van der Waals surface area contributed by atoms with Gasteiger partial charge in [0, 0.05) is 28.6 Å². The number of benzene rings is 3. The lowest BCUT2D eigenvalue weighted by Crippen LogP contribution is -2.17.